The number of amides is 2. The molecular formula is C24H24ClN3O3. The summed E-state index contributed by atoms with van der Waals surface area (Å²) in [6.45, 7) is 4.44. The van der Waals surface area contributed by atoms with Crippen LogP contribution < -0.4 is 5.32 Å². The monoisotopic (exact) mass is 437 g/mol. The van der Waals surface area contributed by atoms with Gasteiger partial charge in [0, 0.05) is 23.2 Å². The zero-order valence-electron chi connectivity index (χ0n) is 17.4. The number of benzene rings is 2. The minimum Gasteiger partial charge on any atom is -0.355 e. The van der Waals surface area contributed by atoms with Crippen molar-refractivity contribution in [2.45, 2.75) is 32.4 Å². The number of aromatic nitrogens is 1. The summed E-state index contributed by atoms with van der Waals surface area (Å²) in [5.41, 5.74) is 1.91. The molecule has 160 valence electrons. The van der Waals surface area contributed by atoms with Crippen LogP contribution >= 0.6 is 11.6 Å². The van der Waals surface area contributed by atoms with Crippen molar-refractivity contribution < 1.29 is 14.1 Å². The van der Waals surface area contributed by atoms with E-state index in [0.29, 0.717) is 23.7 Å². The van der Waals surface area contributed by atoms with Crippen LogP contribution in [0.1, 0.15) is 42.4 Å². The summed E-state index contributed by atoms with van der Waals surface area (Å²) in [6.07, 6.45) is 0.570. The van der Waals surface area contributed by atoms with Gasteiger partial charge in [-0.25, -0.2) is 0 Å². The number of halogens is 1. The molecule has 1 aromatic heterocycles. The number of nitrogens with one attached hydrogen (secondary N) is 1. The van der Waals surface area contributed by atoms with Crippen LogP contribution in [0.2, 0.25) is 5.02 Å². The topological polar surface area (TPSA) is 75.4 Å². The van der Waals surface area contributed by atoms with Gasteiger partial charge < -0.3 is 14.7 Å². The summed E-state index contributed by atoms with van der Waals surface area (Å²) < 4.78 is 5.42. The molecule has 0 saturated carbocycles. The second-order valence-electron chi connectivity index (χ2n) is 8.16. The summed E-state index contributed by atoms with van der Waals surface area (Å²) in [4.78, 5) is 28.0. The zero-order valence-corrected chi connectivity index (χ0v) is 18.2. The van der Waals surface area contributed by atoms with Gasteiger partial charge in [0.05, 0.1) is 6.04 Å². The fourth-order valence-corrected chi connectivity index (χ4v) is 3.96. The molecule has 2 amide bonds. The van der Waals surface area contributed by atoms with Crippen molar-refractivity contribution in [2.75, 3.05) is 6.54 Å². The molecule has 1 aliphatic heterocycles. The Morgan fingerprint density at radius 1 is 1.19 bits per heavy atom. The molecule has 0 bridgehead atoms. The lowest BCUT2D eigenvalue weighted by Gasteiger charge is -2.40. The summed E-state index contributed by atoms with van der Waals surface area (Å²) in [6, 6.07) is 17.6. The average Bonchev–Trinajstić information content (AvgIpc) is 3.25. The van der Waals surface area contributed by atoms with E-state index in [-0.39, 0.29) is 29.5 Å². The van der Waals surface area contributed by atoms with Crippen LogP contribution in [0.3, 0.4) is 0 Å². The Bertz CT molecular complexity index is 1060. The molecule has 31 heavy (non-hydrogen) atoms. The Balaban J connectivity index is 1.62. The highest BCUT2D eigenvalue weighted by atomic mass is 35.5. The predicted octanol–water partition coefficient (Wildman–Crippen LogP) is 4.72. The van der Waals surface area contributed by atoms with Crippen LogP contribution in [0.5, 0.6) is 0 Å². The average molecular weight is 438 g/mol. The number of carbonyl (C=O) groups excluding carboxylic acids is 2. The third-order valence-electron chi connectivity index (χ3n) is 5.39. The molecule has 7 heteroatoms. The van der Waals surface area contributed by atoms with Crippen molar-refractivity contribution in [2.24, 2.45) is 5.92 Å². The van der Waals surface area contributed by atoms with Gasteiger partial charge in [-0.1, -0.05) is 60.9 Å². The first-order chi connectivity index (χ1) is 14.9. The van der Waals surface area contributed by atoms with Gasteiger partial charge in [0.15, 0.2) is 11.5 Å². The Hall–Kier alpha value is -3.12. The van der Waals surface area contributed by atoms with Crippen LogP contribution in [0.4, 0.5) is 0 Å². The number of nitrogens with zero attached hydrogens (tertiary/aromatic N) is 2. The zero-order chi connectivity index (χ0) is 22.0. The quantitative estimate of drug-likeness (QED) is 0.626. The standard InChI is InChI=1S/C24H24ClN3O3/c1-15(2)12-21-23(29)26-20(16-6-4-3-5-7-16)14-28(21)24(30)19-13-22(31-27-19)17-8-10-18(25)11-9-17/h3-11,13,15,20-21H,12,14H2,1-2H3,(H,26,29)/t20-,21+/m1/s1. The summed E-state index contributed by atoms with van der Waals surface area (Å²) >= 11 is 5.95. The molecule has 6 nitrogen and oxygen atoms in total. The van der Waals surface area contributed by atoms with Crippen LogP contribution in [-0.4, -0.2) is 34.5 Å². The van der Waals surface area contributed by atoms with Gasteiger partial charge in [0.1, 0.15) is 6.04 Å². The highest BCUT2D eigenvalue weighted by Gasteiger charge is 2.39. The van der Waals surface area contributed by atoms with E-state index in [4.69, 9.17) is 16.1 Å². The van der Waals surface area contributed by atoms with Crippen LogP contribution in [0.25, 0.3) is 11.3 Å². The van der Waals surface area contributed by atoms with Gasteiger partial charge in [-0.3, -0.25) is 9.59 Å². The Morgan fingerprint density at radius 2 is 1.90 bits per heavy atom. The van der Waals surface area contributed by atoms with Crippen LogP contribution in [0.15, 0.2) is 65.2 Å². The lowest BCUT2D eigenvalue weighted by Crippen LogP contribution is -2.58. The summed E-state index contributed by atoms with van der Waals surface area (Å²) in [5, 5.41) is 7.68. The van der Waals surface area contributed by atoms with E-state index in [1.165, 1.54) is 0 Å². The van der Waals surface area contributed by atoms with Crippen LogP contribution in [0, 0.1) is 5.92 Å². The van der Waals surface area contributed by atoms with Crippen molar-refractivity contribution in [3.05, 3.63) is 76.9 Å². The largest absolute Gasteiger partial charge is 0.355 e. The normalized spacial score (nSPS) is 18.8. The third kappa shape index (κ3) is 4.64. The van der Waals surface area contributed by atoms with E-state index < -0.39 is 6.04 Å². The first-order valence-corrected chi connectivity index (χ1v) is 10.7. The molecule has 3 aromatic rings. The number of rotatable bonds is 5. The first-order valence-electron chi connectivity index (χ1n) is 10.3. The van der Waals surface area contributed by atoms with Gasteiger partial charge >= 0.3 is 0 Å². The van der Waals surface area contributed by atoms with Crippen molar-refractivity contribution in [1.29, 1.82) is 0 Å². The molecule has 1 fully saturated rings. The molecule has 0 radical (unpaired) electrons. The molecule has 0 spiro atoms. The molecule has 1 saturated heterocycles. The minimum atomic E-state index is -0.553. The maximum Gasteiger partial charge on any atom is 0.276 e. The molecule has 2 heterocycles. The summed E-state index contributed by atoms with van der Waals surface area (Å²) in [7, 11) is 0. The Morgan fingerprint density at radius 3 is 2.58 bits per heavy atom. The van der Waals surface area contributed by atoms with E-state index in [1.807, 2.05) is 44.2 Å². The minimum absolute atomic E-state index is 0.149. The second-order valence-corrected chi connectivity index (χ2v) is 8.59. The Labute approximate surface area is 186 Å². The molecule has 0 unspecified atom stereocenters. The number of hydrogen-bond donors (Lipinski definition) is 1. The first kappa shape index (κ1) is 21.1. The lowest BCUT2D eigenvalue weighted by molar-refractivity contribution is -0.130. The molecule has 0 aliphatic carbocycles. The molecule has 2 atom stereocenters. The van der Waals surface area contributed by atoms with Gasteiger partial charge in [0.25, 0.3) is 5.91 Å². The van der Waals surface area contributed by atoms with Gasteiger partial charge in [-0.05, 0) is 42.2 Å². The fourth-order valence-electron chi connectivity index (χ4n) is 3.83. The summed E-state index contributed by atoms with van der Waals surface area (Å²) in [5.74, 6) is 0.261. The maximum atomic E-state index is 13.4. The van der Waals surface area contributed by atoms with Gasteiger partial charge in [-0.2, -0.15) is 0 Å². The van der Waals surface area contributed by atoms with Crippen molar-refractivity contribution >= 4 is 23.4 Å². The molecule has 1 N–H and O–H groups in total. The molecule has 1 aliphatic rings. The van der Waals surface area contributed by atoms with Crippen LogP contribution in [-0.2, 0) is 4.79 Å². The SMILES string of the molecule is CC(C)C[C@H]1C(=O)N[C@@H](c2ccccc2)CN1C(=O)c1cc(-c2ccc(Cl)cc2)on1. The highest BCUT2D eigenvalue weighted by Crippen LogP contribution is 2.27. The van der Waals surface area contributed by atoms with Gasteiger partial charge in [-0.15, -0.1) is 0 Å². The maximum absolute atomic E-state index is 13.4. The van der Waals surface area contributed by atoms with Crippen molar-refractivity contribution in [1.82, 2.24) is 15.4 Å². The van der Waals surface area contributed by atoms with Crippen molar-refractivity contribution in [3.8, 4) is 11.3 Å². The highest BCUT2D eigenvalue weighted by molar-refractivity contribution is 6.30. The van der Waals surface area contributed by atoms with E-state index in [1.54, 1.807) is 35.2 Å². The number of hydrogen-bond acceptors (Lipinski definition) is 4. The van der Waals surface area contributed by atoms with E-state index in [0.717, 1.165) is 11.1 Å². The van der Waals surface area contributed by atoms with E-state index in [9.17, 15) is 9.59 Å². The second kappa shape index (κ2) is 8.94. The fraction of sp³-hybridized carbons (Fsp3) is 0.292. The predicted molar refractivity (Wildman–Crippen MR) is 119 cm³/mol. The smallest absolute Gasteiger partial charge is 0.276 e. The molecule has 2 aromatic carbocycles. The Kier molecular flexibility index (Phi) is 6.09. The number of carbonyl (C=O) groups is 2. The van der Waals surface area contributed by atoms with E-state index >= 15 is 0 Å². The van der Waals surface area contributed by atoms with Gasteiger partial charge in [0.2, 0.25) is 5.91 Å². The third-order valence-corrected chi connectivity index (χ3v) is 5.64. The van der Waals surface area contributed by atoms with Crippen molar-refractivity contribution in [3.63, 3.8) is 0 Å². The lowest BCUT2D eigenvalue weighted by atomic mass is 9.95. The molecule has 4 rings (SSSR count). The molecular weight excluding hydrogens is 414 g/mol. The number of piperazine rings is 1. The van der Waals surface area contributed by atoms with E-state index in [2.05, 4.69) is 10.5 Å².